The van der Waals surface area contributed by atoms with Gasteiger partial charge in [0.2, 0.25) is 0 Å². The first-order valence-electron chi connectivity index (χ1n) is 7.87. The van der Waals surface area contributed by atoms with Crippen LogP contribution in [0.3, 0.4) is 0 Å². The van der Waals surface area contributed by atoms with Gasteiger partial charge in [-0.05, 0) is 33.6 Å². The Labute approximate surface area is 125 Å². The van der Waals surface area contributed by atoms with Crippen molar-refractivity contribution in [1.29, 1.82) is 0 Å². The summed E-state index contributed by atoms with van der Waals surface area (Å²) in [6.45, 7) is 14.9. The minimum absolute atomic E-state index is 0.0287. The predicted molar refractivity (Wildman–Crippen MR) is 89.2 cm³/mol. The summed E-state index contributed by atoms with van der Waals surface area (Å²) >= 11 is 0. The molecule has 1 aliphatic rings. The monoisotopic (exact) mass is 277 g/mol. The Morgan fingerprint density at radius 3 is 1.70 bits per heavy atom. The molecule has 0 saturated carbocycles. The molecule has 0 N–H and O–H groups in total. The van der Waals surface area contributed by atoms with E-state index in [2.05, 4.69) is 68.7 Å². The molecule has 0 unspecified atom stereocenters. The third kappa shape index (κ3) is 5.81. The van der Waals surface area contributed by atoms with Crippen LogP contribution in [0.15, 0.2) is 29.3 Å². The average molecular weight is 277 g/mol. The molecule has 0 aliphatic carbocycles. The van der Waals surface area contributed by atoms with Crippen molar-refractivity contribution in [3.63, 3.8) is 0 Å². The summed E-state index contributed by atoms with van der Waals surface area (Å²) in [5.41, 5.74) is -0.0287. The summed E-state index contributed by atoms with van der Waals surface area (Å²) in [7, 11) is 0. The second kappa shape index (κ2) is 8.13. The van der Waals surface area contributed by atoms with Crippen LogP contribution < -0.4 is 0 Å². The van der Waals surface area contributed by atoms with Crippen molar-refractivity contribution in [1.82, 2.24) is 9.80 Å². The van der Waals surface area contributed by atoms with E-state index in [0.717, 1.165) is 45.0 Å². The van der Waals surface area contributed by atoms with Gasteiger partial charge in [0.25, 0.3) is 0 Å². The van der Waals surface area contributed by atoms with Crippen molar-refractivity contribution in [2.24, 2.45) is 4.99 Å². The third-order valence-corrected chi connectivity index (χ3v) is 3.10. The minimum Gasteiger partial charge on any atom is -0.337 e. The standard InChI is InChI=1S/C17H31N3/c1-6-8-10-12-19-14-15-20(13-11-9-7-2)16(19)18-17(3,4)5/h8-11H,6-7,12-15H2,1-5H3/b10-8-,11-9-. The van der Waals surface area contributed by atoms with Crippen molar-refractivity contribution < 1.29 is 0 Å². The lowest BCUT2D eigenvalue weighted by Crippen LogP contribution is -2.36. The molecule has 0 radical (unpaired) electrons. The molecule has 0 spiro atoms. The van der Waals surface area contributed by atoms with Crippen LogP contribution in [0.2, 0.25) is 0 Å². The summed E-state index contributed by atoms with van der Waals surface area (Å²) in [6, 6.07) is 0. The number of nitrogens with zero attached hydrogens (tertiary/aromatic N) is 3. The maximum atomic E-state index is 4.93. The molecule has 0 atom stereocenters. The molecule has 1 aliphatic heterocycles. The number of rotatable bonds is 6. The molecule has 20 heavy (non-hydrogen) atoms. The Morgan fingerprint density at radius 2 is 1.35 bits per heavy atom. The van der Waals surface area contributed by atoms with Crippen molar-refractivity contribution in [2.45, 2.75) is 53.0 Å². The highest BCUT2D eigenvalue weighted by Gasteiger charge is 2.26. The quantitative estimate of drug-likeness (QED) is 0.690. The van der Waals surface area contributed by atoms with Gasteiger partial charge in [-0.1, -0.05) is 38.2 Å². The van der Waals surface area contributed by atoms with Gasteiger partial charge in [0.15, 0.2) is 5.96 Å². The minimum atomic E-state index is -0.0287. The number of aliphatic imine (C=N–C) groups is 1. The molecular formula is C17H31N3. The van der Waals surface area contributed by atoms with E-state index in [1.54, 1.807) is 0 Å². The Morgan fingerprint density at radius 1 is 0.900 bits per heavy atom. The molecule has 3 heteroatoms. The fraction of sp³-hybridized carbons (Fsp3) is 0.706. The smallest absolute Gasteiger partial charge is 0.197 e. The molecule has 114 valence electrons. The Balaban J connectivity index is 2.79. The molecule has 1 heterocycles. The van der Waals surface area contributed by atoms with Crippen LogP contribution in [-0.2, 0) is 0 Å². The summed E-state index contributed by atoms with van der Waals surface area (Å²) < 4.78 is 0. The van der Waals surface area contributed by atoms with Gasteiger partial charge in [-0.15, -0.1) is 0 Å². The predicted octanol–water partition coefficient (Wildman–Crippen LogP) is 3.69. The zero-order valence-electron chi connectivity index (χ0n) is 13.9. The lowest BCUT2D eigenvalue weighted by atomic mass is 10.1. The van der Waals surface area contributed by atoms with Crippen molar-refractivity contribution >= 4 is 5.96 Å². The second-order valence-corrected chi connectivity index (χ2v) is 6.23. The largest absolute Gasteiger partial charge is 0.337 e. The molecule has 0 bridgehead atoms. The van der Waals surface area contributed by atoms with E-state index in [4.69, 9.17) is 4.99 Å². The molecule has 3 nitrogen and oxygen atoms in total. The highest BCUT2D eigenvalue weighted by Crippen LogP contribution is 2.15. The zero-order chi connectivity index (χ0) is 15.0. The van der Waals surface area contributed by atoms with Gasteiger partial charge in [0.1, 0.15) is 0 Å². The molecule has 1 fully saturated rings. The van der Waals surface area contributed by atoms with Gasteiger partial charge in [0, 0.05) is 26.2 Å². The number of guanidine groups is 1. The molecule has 0 aromatic heterocycles. The number of allylic oxidation sites excluding steroid dienone is 2. The van der Waals surface area contributed by atoms with E-state index >= 15 is 0 Å². The molecule has 0 aromatic carbocycles. The maximum Gasteiger partial charge on any atom is 0.197 e. The van der Waals surface area contributed by atoms with Crippen molar-refractivity contribution in [2.75, 3.05) is 26.2 Å². The summed E-state index contributed by atoms with van der Waals surface area (Å²) in [5, 5.41) is 0. The highest BCUT2D eigenvalue weighted by atomic mass is 15.4. The van der Waals surface area contributed by atoms with Crippen molar-refractivity contribution in [3.8, 4) is 0 Å². The van der Waals surface area contributed by atoms with Crippen LogP contribution in [0.5, 0.6) is 0 Å². The zero-order valence-corrected chi connectivity index (χ0v) is 13.9. The van der Waals surface area contributed by atoms with Crippen LogP contribution in [0.4, 0.5) is 0 Å². The first kappa shape index (κ1) is 16.8. The summed E-state index contributed by atoms with van der Waals surface area (Å²) in [5.74, 6) is 1.15. The van der Waals surface area contributed by atoms with E-state index in [0.29, 0.717) is 0 Å². The van der Waals surface area contributed by atoms with Crippen molar-refractivity contribution in [3.05, 3.63) is 24.3 Å². The van der Waals surface area contributed by atoms with Crippen LogP contribution >= 0.6 is 0 Å². The summed E-state index contributed by atoms with van der Waals surface area (Å²) in [6.07, 6.45) is 11.2. The lowest BCUT2D eigenvalue weighted by Gasteiger charge is -2.25. The van der Waals surface area contributed by atoms with E-state index in [9.17, 15) is 0 Å². The van der Waals surface area contributed by atoms with E-state index in [-0.39, 0.29) is 5.54 Å². The Hall–Kier alpha value is -1.25. The normalized spacial score (nSPS) is 16.9. The molecule has 1 saturated heterocycles. The summed E-state index contributed by atoms with van der Waals surface area (Å²) in [4.78, 5) is 9.70. The van der Waals surface area contributed by atoms with Crippen LogP contribution in [0, 0.1) is 0 Å². The first-order chi connectivity index (χ1) is 9.48. The highest BCUT2D eigenvalue weighted by molar-refractivity contribution is 5.82. The average Bonchev–Trinajstić information content (AvgIpc) is 2.71. The van der Waals surface area contributed by atoms with Crippen LogP contribution in [0.1, 0.15) is 47.5 Å². The molecule has 1 rings (SSSR count). The Kier molecular flexibility index (Phi) is 6.83. The topological polar surface area (TPSA) is 18.8 Å². The molecule has 0 amide bonds. The second-order valence-electron chi connectivity index (χ2n) is 6.23. The molecule has 0 aromatic rings. The Bertz CT molecular complexity index is 335. The van der Waals surface area contributed by atoms with Gasteiger partial charge >= 0.3 is 0 Å². The van der Waals surface area contributed by atoms with Gasteiger partial charge < -0.3 is 9.80 Å². The fourth-order valence-electron chi connectivity index (χ4n) is 2.17. The number of hydrogen-bond donors (Lipinski definition) is 0. The SMILES string of the molecule is CC/C=C\CN1CCN(C/C=C\CC)C1=NC(C)(C)C. The fourth-order valence-corrected chi connectivity index (χ4v) is 2.17. The lowest BCUT2D eigenvalue weighted by molar-refractivity contribution is 0.481. The maximum absolute atomic E-state index is 4.93. The van der Waals surface area contributed by atoms with Gasteiger partial charge in [-0.25, -0.2) is 4.99 Å². The first-order valence-corrected chi connectivity index (χ1v) is 7.87. The van der Waals surface area contributed by atoms with Crippen LogP contribution in [-0.4, -0.2) is 47.5 Å². The van der Waals surface area contributed by atoms with Gasteiger partial charge in [0.05, 0.1) is 5.54 Å². The van der Waals surface area contributed by atoms with E-state index in [1.165, 1.54) is 0 Å². The third-order valence-electron chi connectivity index (χ3n) is 3.10. The van der Waals surface area contributed by atoms with Gasteiger partial charge in [-0.3, -0.25) is 0 Å². The van der Waals surface area contributed by atoms with Gasteiger partial charge in [-0.2, -0.15) is 0 Å². The van der Waals surface area contributed by atoms with E-state index in [1.807, 2.05) is 0 Å². The molecular weight excluding hydrogens is 246 g/mol. The van der Waals surface area contributed by atoms with E-state index < -0.39 is 0 Å². The number of hydrogen-bond acceptors (Lipinski definition) is 1. The van der Waals surface area contributed by atoms with Crippen LogP contribution in [0.25, 0.3) is 0 Å².